The normalized spacial score (nSPS) is 17.2. The first-order chi connectivity index (χ1) is 7.22. The van der Waals surface area contributed by atoms with E-state index in [2.05, 4.69) is 39.5 Å². The summed E-state index contributed by atoms with van der Waals surface area (Å²) in [5, 5.41) is 0. The number of carbonyl (C=O) groups is 1. The molecule has 0 aromatic carbocycles. The second-order valence-electron chi connectivity index (χ2n) is 6.20. The molecule has 2 heteroatoms. The molecule has 1 rings (SSSR count). The van der Waals surface area contributed by atoms with Crippen LogP contribution in [0.4, 0.5) is 0 Å². The Bertz CT molecular complexity index is 225. The van der Waals surface area contributed by atoms with Crippen LogP contribution in [0.5, 0.6) is 0 Å². The van der Waals surface area contributed by atoms with Gasteiger partial charge in [-0.3, -0.25) is 4.79 Å². The van der Waals surface area contributed by atoms with Crippen LogP contribution in [-0.4, -0.2) is 22.9 Å². The van der Waals surface area contributed by atoms with Crippen molar-refractivity contribution in [1.82, 2.24) is 4.90 Å². The van der Waals surface area contributed by atoms with Crippen LogP contribution in [0.15, 0.2) is 0 Å². The molecular formula is C14H29NO. The van der Waals surface area contributed by atoms with Crippen molar-refractivity contribution in [2.75, 3.05) is 6.54 Å². The van der Waals surface area contributed by atoms with Crippen molar-refractivity contribution in [3.05, 3.63) is 0 Å². The third kappa shape index (κ3) is 4.54. The minimum Gasteiger partial charge on any atom is -0.338 e. The van der Waals surface area contributed by atoms with E-state index >= 15 is 0 Å². The van der Waals surface area contributed by atoms with Crippen molar-refractivity contribution >= 4 is 5.91 Å². The zero-order valence-electron chi connectivity index (χ0n) is 12.2. The number of hydrogen-bond acceptors (Lipinski definition) is 1. The molecule has 1 aliphatic heterocycles. The quantitative estimate of drug-likeness (QED) is 0.701. The summed E-state index contributed by atoms with van der Waals surface area (Å²) in [6, 6.07) is 0. The highest BCUT2D eigenvalue weighted by atomic mass is 16.2. The standard InChI is InChI=1S/C12H23NO.C2H6/c1-11(2,3)9-12(4,5)13-8-6-7-10(13)14;1-2/h6-9H2,1-5H3;1-2H3. The maximum absolute atomic E-state index is 11.6. The first kappa shape index (κ1) is 15.5. The second kappa shape index (κ2) is 5.70. The van der Waals surface area contributed by atoms with Crippen LogP contribution < -0.4 is 0 Å². The third-order valence-electron chi connectivity index (χ3n) is 2.77. The average Bonchev–Trinajstić information content (AvgIpc) is 2.51. The molecule has 2 nitrogen and oxygen atoms in total. The van der Waals surface area contributed by atoms with E-state index in [0.717, 1.165) is 25.8 Å². The van der Waals surface area contributed by atoms with Crippen molar-refractivity contribution in [1.29, 1.82) is 0 Å². The molecule has 1 aliphatic rings. The molecule has 0 aliphatic carbocycles. The Kier molecular flexibility index (Phi) is 5.51. The fourth-order valence-electron chi connectivity index (χ4n) is 2.68. The van der Waals surface area contributed by atoms with Gasteiger partial charge in [-0.1, -0.05) is 34.6 Å². The number of hydrogen-bond donors (Lipinski definition) is 0. The Morgan fingerprint density at radius 2 is 1.62 bits per heavy atom. The van der Waals surface area contributed by atoms with Gasteiger partial charge in [-0.25, -0.2) is 0 Å². The molecule has 0 N–H and O–H groups in total. The molecule has 96 valence electrons. The molecule has 1 amide bonds. The summed E-state index contributed by atoms with van der Waals surface area (Å²) in [6.07, 6.45) is 2.84. The zero-order valence-corrected chi connectivity index (χ0v) is 12.2. The van der Waals surface area contributed by atoms with Gasteiger partial charge in [0.25, 0.3) is 0 Å². The summed E-state index contributed by atoms with van der Waals surface area (Å²) in [7, 11) is 0. The Morgan fingerprint density at radius 3 is 1.94 bits per heavy atom. The SMILES string of the molecule is CC.CC(C)(C)CC(C)(C)N1CCCC1=O. The summed E-state index contributed by atoms with van der Waals surface area (Å²) in [5.74, 6) is 0.333. The Labute approximate surface area is 101 Å². The zero-order chi connectivity index (χ0) is 13.0. The van der Waals surface area contributed by atoms with Crippen LogP contribution in [0.2, 0.25) is 0 Å². The van der Waals surface area contributed by atoms with Crippen LogP contribution in [0.1, 0.15) is 67.7 Å². The minimum absolute atomic E-state index is 0.0197. The van der Waals surface area contributed by atoms with E-state index in [-0.39, 0.29) is 11.0 Å². The van der Waals surface area contributed by atoms with Gasteiger partial charge < -0.3 is 4.90 Å². The Balaban J connectivity index is 0.00000106. The van der Waals surface area contributed by atoms with Gasteiger partial charge in [0.1, 0.15) is 0 Å². The number of likely N-dealkylation sites (tertiary alicyclic amines) is 1. The smallest absolute Gasteiger partial charge is 0.223 e. The lowest BCUT2D eigenvalue weighted by molar-refractivity contribution is -0.133. The van der Waals surface area contributed by atoms with E-state index in [1.165, 1.54) is 0 Å². The lowest BCUT2D eigenvalue weighted by Crippen LogP contribution is -2.46. The van der Waals surface area contributed by atoms with Crippen LogP contribution >= 0.6 is 0 Å². The maximum atomic E-state index is 11.6. The summed E-state index contributed by atoms with van der Waals surface area (Å²) in [4.78, 5) is 13.7. The number of nitrogens with zero attached hydrogens (tertiary/aromatic N) is 1. The monoisotopic (exact) mass is 227 g/mol. The van der Waals surface area contributed by atoms with Gasteiger partial charge in [0.2, 0.25) is 5.91 Å². The van der Waals surface area contributed by atoms with E-state index in [0.29, 0.717) is 5.91 Å². The maximum Gasteiger partial charge on any atom is 0.223 e. The highest BCUT2D eigenvalue weighted by molar-refractivity contribution is 5.78. The molecule has 0 atom stereocenters. The van der Waals surface area contributed by atoms with E-state index in [1.807, 2.05) is 13.8 Å². The number of carbonyl (C=O) groups excluding carboxylic acids is 1. The predicted octanol–water partition coefficient (Wildman–Crippen LogP) is 3.85. The average molecular weight is 227 g/mol. The highest BCUT2D eigenvalue weighted by Crippen LogP contribution is 2.33. The van der Waals surface area contributed by atoms with Gasteiger partial charge in [0.15, 0.2) is 0 Å². The van der Waals surface area contributed by atoms with E-state index < -0.39 is 0 Å². The van der Waals surface area contributed by atoms with Crippen LogP contribution in [0, 0.1) is 5.41 Å². The molecule has 16 heavy (non-hydrogen) atoms. The largest absolute Gasteiger partial charge is 0.338 e. The Morgan fingerprint density at radius 1 is 1.12 bits per heavy atom. The summed E-state index contributed by atoms with van der Waals surface area (Å²) in [5.41, 5.74) is 0.304. The minimum atomic E-state index is 0.0197. The molecule has 0 aromatic rings. The lowest BCUT2D eigenvalue weighted by Gasteiger charge is -2.40. The molecule has 0 unspecified atom stereocenters. The van der Waals surface area contributed by atoms with Crippen molar-refractivity contribution in [3.8, 4) is 0 Å². The highest BCUT2D eigenvalue weighted by Gasteiger charge is 2.36. The fourth-order valence-corrected chi connectivity index (χ4v) is 2.68. The summed E-state index contributed by atoms with van der Waals surface area (Å²) >= 11 is 0. The van der Waals surface area contributed by atoms with Gasteiger partial charge in [0.05, 0.1) is 0 Å². The van der Waals surface area contributed by atoms with Crippen molar-refractivity contribution in [2.24, 2.45) is 5.41 Å². The molecule has 0 saturated carbocycles. The van der Waals surface area contributed by atoms with E-state index in [4.69, 9.17) is 0 Å². The van der Waals surface area contributed by atoms with Gasteiger partial charge in [-0.2, -0.15) is 0 Å². The fraction of sp³-hybridized carbons (Fsp3) is 0.929. The number of rotatable bonds is 2. The Hall–Kier alpha value is -0.530. The van der Waals surface area contributed by atoms with E-state index in [1.54, 1.807) is 0 Å². The van der Waals surface area contributed by atoms with Gasteiger partial charge >= 0.3 is 0 Å². The molecule has 0 bridgehead atoms. The molecule has 1 fully saturated rings. The second-order valence-corrected chi connectivity index (χ2v) is 6.20. The molecule has 0 aromatic heterocycles. The molecule has 1 saturated heterocycles. The third-order valence-corrected chi connectivity index (χ3v) is 2.77. The first-order valence-electron chi connectivity index (χ1n) is 6.53. The van der Waals surface area contributed by atoms with Crippen molar-refractivity contribution in [3.63, 3.8) is 0 Å². The van der Waals surface area contributed by atoms with Gasteiger partial charge in [-0.15, -0.1) is 0 Å². The van der Waals surface area contributed by atoms with Gasteiger partial charge in [0, 0.05) is 18.5 Å². The topological polar surface area (TPSA) is 20.3 Å². The van der Waals surface area contributed by atoms with Crippen LogP contribution in [0.25, 0.3) is 0 Å². The van der Waals surface area contributed by atoms with Gasteiger partial charge in [-0.05, 0) is 32.1 Å². The predicted molar refractivity (Wildman–Crippen MR) is 70.4 cm³/mol. The summed E-state index contributed by atoms with van der Waals surface area (Å²) in [6.45, 7) is 16.0. The van der Waals surface area contributed by atoms with Crippen molar-refractivity contribution in [2.45, 2.75) is 73.3 Å². The van der Waals surface area contributed by atoms with Crippen LogP contribution in [0.3, 0.4) is 0 Å². The number of amides is 1. The molecular weight excluding hydrogens is 198 g/mol. The molecule has 1 heterocycles. The van der Waals surface area contributed by atoms with E-state index in [9.17, 15) is 4.79 Å². The first-order valence-corrected chi connectivity index (χ1v) is 6.53. The lowest BCUT2D eigenvalue weighted by atomic mass is 9.81. The van der Waals surface area contributed by atoms with Crippen LogP contribution in [-0.2, 0) is 4.79 Å². The summed E-state index contributed by atoms with van der Waals surface area (Å²) < 4.78 is 0. The van der Waals surface area contributed by atoms with Crippen molar-refractivity contribution < 1.29 is 4.79 Å². The molecule has 0 spiro atoms. The molecule has 0 radical (unpaired) electrons.